The summed E-state index contributed by atoms with van der Waals surface area (Å²) in [6.07, 6.45) is 0.589. The van der Waals surface area contributed by atoms with Gasteiger partial charge in [-0.3, -0.25) is 14.7 Å². The number of nitrogens with zero attached hydrogens (tertiary/aromatic N) is 3. The van der Waals surface area contributed by atoms with Crippen molar-refractivity contribution >= 4 is 11.6 Å². The Morgan fingerprint density at radius 3 is 2.57 bits per heavy atom. The molecule has 0 saturated heterocycles. The summed E-state index contributed by atoms with van der Waals surface area (Å²) in [4.78, 5) is 32.1. The molecule has 0 saturated carbocycles. The fourth-order valence-corrected chi connectivity index (χ4v) is 3.55. The Balaban J connectivity index is 1.73. The molecule has 7 heteroatoms. The van der Waals surface area contributed by atoms with Gasteiger partial charge in [0, 0.05) is 24.4 Å². The largest absolute Gasteiger partial charge is 0.497 e. The van der Waals surface area contributed by atoms with E-state index in [4.69, 9.17) is 4.74 Å². The molecule has 2 aromatic heterocycles. The highest BCUT2D eigenvalue weighted by Crippen LogP contribution is 2.25. The van der Waals surface area contributed by atoms with E-state index in [1.165, 1.54) is 4.52 Å². The normalized spacial score (nSPS) is 14.2. The molecule has 4 rings (SSSR count). The monoisotopic (exact) mass is 380 g/mol. The number of H-pyrrole nitrogens is 1. The lowest BCUT2D eigenvalue weighted by Crippen LogP contribution is -2.44. The van der Waals surface area contributed by atoms with Gasteiger partial charge in [0.25, 0.3) is 5.56 Å². The third kappa shape index (κ3) is 3.06. The lowest BCUT2D eigenvalue weighted by Gasteiger charge is -2.32. The molecule has 146 valence electrons. The Bertz CT molecular complexity index is 1100. The third-order valence-corrected chi connectivity index (χ3v) is 5.09. The van der Waals surface area contributed by atoms with Crippen molar-refractivity contribution in [2.75, 3.05) is 13.7 Å². The van der Waals surface area contributed by atoms with Crippen LogP contribution in [-0.4, -0.2) is 39.1 Å². The Morgan fingerprint density at radius 2 is 1.93 bits per heavy atom. The quantitative estimate of drug-likeness (QED) is 0.741. The number of methoxy groups -OCH3 is 1. The molecule has 1 N–H and O–H groups in total. The molecule has 0 spiro atoms. The number of hydrogen-bond acceptors (Lipinski definition) is 4. The zero-order chi connectivity index (χ0) is 20.1. The van der Waals surface area contributed by atoms with E-state index >= 15 is 0 Å². The number of amides is 1. The molecule has 0 bridgehead atoms. The van der Waals surface area contributed by atoms with Crippen LogP contribution in [0.5, 0.6) is 5.75 Å². The smallest absolute Gasteiger partial charge is 0.277 e. The minimum atomic E-state index is -0.473. The van der Waals surface area contributed by atoms with Crippen molar-refractivity contribution in [2.45, 2.75) is 33.7 Å². The van der Waals surface area contributed by atoms with E-state index in [0.717, 1.165) is 22.7 Å². The zero-order valence-corrected chi connectivity index (χ0v) is 16.6. The summed E-state index contributed by atoms with van der Waals surface area (Å²) in [7, 11) is 1.62. The van der Waals surface area contributed by atoms with E-state index < -0.39 is 5.41 Å². The van der Waals surface area contributed by atoms with Gasteiger partial charge < -0.3 is 9.64 Å². The van der Waals surface area contributed by atoms with Crippen LogP contribution in [0.25, 0.3) is 16.9 Å². The van der Waals surface area contributed by atoms with Gasteiger partial charge in [0.1, 0.15) is 5.75 Å². The Hall–Kier alpha value is -3.09. The number of hydrogen-bond donors (Lipinski definition) is 1. The molecule has 0 fully saturated rings. The minimum Gasteiger partial charge on any atom is -0.497 e. The number of ether oxygens (including phenoxy) is 1. The van der Waals surface area contributed by atoms with Crippen LogP contribution >= 0.6 is 0 Å². The number of aromatic amines is 1. The van der Waals surface area contributed by atoms with Crippen molar-refractivity contribution in [3.63, 3.8) is 0 Å². The van der Waals surface area contributed by atoms with Gasteiger partial charge in [-0.1, -0.05) is 20.8 Å². The van der Waals surface area contributed by atoms with Crippen LogP contribution in [0.3, 0.4) is 0 Å². The van der Waals surface area contributed by atoms with Crippen LogP contribution in [0.2, 0.25) is 0 Å². The molecule has 1 aromatic carbocycles. The summed E-state index contributed by atoms with van der Waals surface area (Å²) in [6, 6.07) is 9.47. The molecule has 0 atom stereocenters. The topological polar surface area (TPSA) is 79.7 Å². The van der Waals surface area contributed by atoms with Crippen molar-refractivity contribution in [3.05, 3.63) is 51.9 Å². The number of nitrogens with one attached hydrogen (secondary N) is 1. The molecule has 0 radical (unpaired) electrons. The second kappa shape index (κ2) is 6.51. The highest BCUT2D eigenvalue weighted by molar-refractivity contribution is 5.81. The Kier molecular flexibility index (Phi) is 4.25. The first-order valence-electron chi connectivity index (χ1n) is 9.35. The number of fused-ring (bicyclic) bond motifs is 2. The van der Waals surface area contributed by atoms with Gasteiger partial charge in [0.05, 0.1) is 30.6 Å². The van der Waals surface area contributed by atoms with Crippen LogP contribution in [-0.2, 0) is 17.8 Å². The summed E-state index contributed by atoms with van der Waals surface area (Å²) < 4.78 is 6.66. The van der Waals surface area contributed by atoms with Gasteiger partial charge >= 0.3 is 0 Å². The molecule has 0 unspecified atom stereocenters. The first-order chi connectivity index (χ1) is 13.3. The standard InChI is InChI=1S/C21H24N4O3/c1-21(2,3)20(27)24-10-9-16-15(12-24)19(26)25-18(22-16)11-17(23-25)13-5-7-14(28-4)8-6-13/h5-8,11,23H,9-10,12H2,1-4H3. The summed E-state index contributed by atoms with van der Waals surface area (Å²) in [5, 5.41) is 3.14. The molecule has 3 heterocycles. The average molecular weight is 380 g/mol. The predicted molar refractivity (Wildman–Crippen MR) is 106 cm³/mol. The summed E-state index contributed by atoms with van der Waals surface area (Å²) in [5.74, 6) is 0.822. The first kappa shape index (κ1) is 18.3. The second-order valence-electron chi connectivity index (χ2n) is 8.16. The minimum absolute atomic E-state index is 0.0491. The molecule has 1 aliphatic heterocycles. The third-order valence-electron chi connectivity index (χ3n) is 5.09. The van der Waals surface area contributed by atoms with Gasteiger partial charge in [0.15, 0.2) is 5.65 Å². The highest BCUT2D eigenvalue weighted by atomic mass is 16.5. The number of rotatable bonds is 2. The average Bonchev–Trinajstić information content (AvgIpc) is 3.11. The molecule has 7 nitrogen and oxygen atoms in total. The van der Waals surface area contributed by atoms with Crippen LogP contribution in [0.1, 0.15) is 32.0 Å². The second-order valence-corrected chi connectivity index (χ2v) is 8.16. The predicted octanol–water partition coefficient (Wildman–Crippen LogP) is 2.63. The maximum Gasteiger partial charge on any atom is 0.277 e. The zero-order valence-electron chi connectivity index (χ0n) is 16.6. The van der Waals surface area contributed by atoms with Crippen molar-refractivity contribution in [2.24, 2.45) is 5.41 Å². The molecular formula is C21H24N4O3. The maximum atomic E-state index is 13.1. The van der Waals surface area contributed by atoms with E-state index in [1.54, 1.807) is 12.0 Å². The number of carbonyl (C=O) groups excluding carboxylic acids is 1. The van der Waals surface area contributed by atoms with E-state index in [-0.39, 0.29) is 11.5 Å². The molecule has 3 aromatic rings. The number of carbonyl (C=O) groups is 1. The fourth-order valence-electron chi connectivity index (χ4n) is 3.55. The highest BCUT2D eigenvalue weighted by Gasteiger charge is 2.31. The van der Waals surface area contributed by atoms with Gasteiger partial charge in [-0.15, -0.1) is 0 Å². The van der Waals surface area contributed by atoms with Gasteiger partial charge in [-0.2, -0.15) is 0 Å². The lowest BCUT2D eigenvalue weighted by atomic mass is 9.93. The summed E-state index contributed by atoms with van der Waals surface area (Å²) >= 11 is 0. The van der Waals surface area contributed by atoms with E-state index in [1.807, 2.05) is 51.1 Å². The Labute approximate surface area is 162 Å². The van der Waals surface area contributed by atoms with Crippen LogP contribution in [0.15, 0.2) is 35.1 Å². The molecule has 28 heavy (non-hydrogen) atoms. The summed E-state index contributed by atoms with van der Waals surface area (Å²) in [6.45, 7) is 6.57. The maximum absolute atomic E-state index is 13.1. The first-order valence-corrected chi connectivity index (χ1v) is 9.35. The van der Waals surface area contributed by atoms with Crippen molar-refractivity contribution in [1.29, 1.82) is 0 Å². The fraction of sp³-hybridized carbons (Fsp3) is 0.381. The van der Waals surface area contributed by atoms with Crippen molar-refractivity contribution in [3.8, 4) is 17.0 Å². The van der Waals surface area contributed by atoms with Crippen molar-refractivity contribution < 1.29 is 9.53 Å². The molecule has 0 aliphatic carbocycles. The number of aromatic nitrogens is 3. The number of benzene rings is 1. The molecule has 1 amide bonds. The van der Waals surface area contributed by atoms with Crippen molar-refractivity contribution in [1.82, 2.24) is 19.5 Å². The lowest BCUT2D eigenvalue weighted by molar-refractivity contribution is -0.140. The van der Waals surface area contributed by atoms with Crippen LogP contribution in [0.4, 0.5) is 0 Å². The van der Waals surface area contributed by atoms with E-state index in [9.17, 15) is 9.59 Å². The van der Waals surface area contributed by atoms with Crippen LogP contribution < -0.4 is 10.3 Å². The summed E-state index contributed by atoms with van der Waals surface area (Å²) in [5.41, 5.74) is 3.08. The molecular weight excluding hydrogens is 356 g/mol. The molecule has 1 aliphatic rings. The van der Waals surface area contributed by atoms with E-state index in [2.05, 4.69) is 10.1 Å². The van der Waals surface area contributed by atoms with Gasteiger partial charge in [-0.25, -0.2) is 9.50 Å². The van der Waals surface area contributed by atoms with Gasteiger partial charge in [-0.05, 0) is 29.8 Å². The van der Waals surface area contributed by atoms with Gasteiger partial charge in [0.2, 0.25) is 5.91 Å². The Morgan fingerprint density at radius 1 is 1.21 bits per heavy atom. The van der Waals surface area contributed by atoms with Crippen LogP contribution in [0, 0.1) is 5.41 Å². The van der Waals surface area contributed by atoms with E-state index in [0.29, 0.717) is 30.7 Å². The SMILES string of the molecule is COc1ccc(-c2cc3nc4c(c(=O)n3[nH]2)CN(C(=O)C(C)(C)C)CC4)cc1.